The van der Waals surface area contributed by atoms with Gasteiger partial charge in [-0.1, -0.05) is 11.6 Å². The summed E-state index contributed by atoms with van der Waals surface area (Å²) in [4.78, 5) is 11.2. The number of alkyl halides is 1. The second-order valence-electron chi connectivity index (χ2n) is 2.41. The van der Waals surface area contributed by atoms with E-state index in [9.17, 15) is 4.79 Å². The number of carbonyl (C=O) groups is 1. The molecule has 13 heavy (non-hydrogen) atoms. The van der Waals surface area contributed by atoms with Crippen molar-refractivity contribution in [2.75, 3.05) is 11.6 Å². The Bertz CT molecular complexity index is 354. The number of carbonyl (C=O) groups excluding carboxylic acids is 1. The number of halogens is 3. The highest BCUT2D eigenvalue weighted by atomic mass is 79.9. The van der Waals surface area contributed by atoms with Crippen LogP contribution >= 0.6 is 39.1 Å². The smallest absolute Gasteiger partial charge is 0.178 e. The van der Waals surface area contributed by atoms with Gasteiger partial charge in [0, 0.05) is 10.0 Å². The molecule has 0 aliphatic heterocycles. The topological polar surface area (TPSA) is 43.1 Å². The molecule has 0 heterocycles. The Morgan fingerprint density at radius 2 is 2.15 bits per heavy atom. The first-order valence-corrected chi connectivity index (χ1v) is 5.10. The van der Waals surface area contributed by atoms with Gasteiger partial charge in [0.05, 0.1) is 16.6 Å². The molecule has 1 aromatic carbocycles. The summed E-state index contributed by atoms with van der Waals surface area (Å²) in [5.41, 5.74) is 6.36. The summed E-state index contributed by atoms with van der Waals surface area (Å²) >= 11 is 14.3. The van der Waals surface area contributed by atoms with Crippen LogP contribution in [-0.4, -0.2) is 11.7 Å². The van der Waals surface area contributed by atoms with Gasteiger partial charge in [-0.05, 0) is 28.1 Å². The van der Waals surface area contributed by atoms with Crippen LogP contribution < -0.4 is 5.73 Å². The second kappa shape index (κ2) is 4.31. The highest BCUT2D eigenvalue weighted by molar-refractivity contribution is 9.10. The normalized spacial score (nSPS) is 10.1. The molecule has 2 N–H and O–H groups in total. The number of Topliss-reactive ketones (excluding diaryl/α,β-unsaturated/α-hetero) is 1. The van der Waals surface area contributed by atoms with E-state index in [4.69, 9.17) is 28.9 Å². The van der Waals surface area contributed by atoms with Gasteiger partial charge in [0.2, 0.25) is 0 Å². The van der Waals surface area contributed by atoms with Crippen molar-refractivity contribution in [1.82, 2.24) is 0 Å². The van der Waals surface area contributed by atoms with Crippen molar-refractivity contribution in [3.05, 3.63) is 27.2 Å². The van der Waals surface area contributed by atoms with Crippen molar-refractivity contribution >= 4 is 50.6 Å². The Labute approximate surface area is 94.1 Å². The van der Waals surface area contributed by atoms with Crippen LogP contribution in [0.5, 0.6) is 0 Å². The van der Waals surface area contributed by atoms with Crippen molar-refractivity contribution < 1.29 is 4.79 Å². The highest BCUT2D eigenvalue weighted by Gasteiger charge is 2.11. The molecule has 1 rings (SSSR count). The fraction of sp³-hybridized carbons (Fsp3) is 0.125. The monoisotopic (exact) mass is 281 g/mol. The third kappa shape index (κ3) is 2.36. The summed E-state index contributed by atoms with van der Waals surface area (Å²) in [6.07, 6.45) is 0. The fourth-order valence-electron chi connectivity index (χ4n) is 0.851. The number of hydrogen-bond donors (Lipinski definition) is 1. The highest BCUT2D eigenvalue weighted by Crippen LogP contribution is 2.27. The molecule has 0 radical (unpaired) electrons. The Morgan fingerprint density at radius 1 is 1.54 bits per heavy atom. The molecule has 0 aliphatic rings. The zero-order valence-electron chi connectivity index (χ0n) is 6.48. The van der Waals surface area contributed by atoms with E-state index in [1.165, 1.54) is 6.07 Å². The number of nitrogens with two attached hydrogens (primary N) is 1. The molecule has 70 valence electrons. The maximum atomic E-state index is 11.2. The van der Waals surface area contributed by atoms with E-state index in [-0.39, 0.29) is 11.7 Å². The SMILES string of the molecule is Nc1cc(C(=O)CCl)c(Br)cc1Cl. The molecule has 0 spiro atoms. The predicted molar refractivity (Wildman–Crippen MR) is 58.6 cm³/mol. The van der Waals surface area contributed by atoms with Crippen molar-refractivity contribution in [2.24, 2.45) is 0 Å². The first kappa shape index (κ1) is 10.8. The average molecular weight is 283 g/mol. The predicted octanol–water partition coefficient (Wildman–Crippen LogP) is 3.11. The van der Waals surface area contributed by atoms with E-state index in [1.54, 1.807) is 6.07 Å². The minimum atomic E-state index is -0.183. The van der Waals surface area contributed by atoms with Crippen LogP contribution in [-0.2, 0) is 0 Å². The van der Waals surface area contributed by atoms with Gasteiger partial charge < -0.3 is 5.73 Å². The van der Waals surface area contributed by atoms with E-state index in [1.807, 2.05) is 0 Å². The van der Waals surface area contributed by atoms with Crippen LogP contribution in [0.3, 0.4) is 0 Å². The maximum Gasteiger partial charge on any atom is 0.178 e. The van der Waals surface area contributed by atoms with E-state index in [0.29, 0.717) is 20.7 Å². The van der Waals surface area contributed by atoms with Crippen molar-refractivity contribution in [3.8, 4) is 0 Å². The van der Waals surface area contributed by atoms with Gasteiger partial charge in [-0.2, -0.15) is 0 Å². The average Bonchev–Trinajstić information content (AvgIpc) is 2.10. The molecule has 0 saturated heterocycles. The second-order valence-corrected chi connectivity index (χ2v) is 3.94. The Morgan fingerprint density at radius 3 is 2.69 bits per heavy atom. The molecule has 5 heteroatoms. The Kier molecular flexibility index (Phi) is 3.59. The lowest BCUT2D eigenvalue weighted by atomic mass is 10.1. The number of anilines is 1. The van der Waals surface area contributed by atoms with Gasteiger partial charge in [-0.15, -0.1) is 11.6 Å². The molecular weight excluding hydrogens is 277 g/mol. The fourth-order valence-corrected chi connectivity index (χ4v) is 1.86. The molecule has 0 aliphatic carbocycles. The summed E-state index contributed by atoms with van der Waals surface area (Å²) in [6.45, 7) is 0. The van der Waals surface area contributed by atoms with E-state index >= 15 is 0 Å². The summed E-state index contributed by atoms with van der Waals surface area (Å²) in [7, 11) is 0. The van der Waals surface area contributed by atoms with Crippen molar-refractivity contribution in [2.45, 2.75) is 0 Å². The summed E-state index contributed by atoms with van der Waals surface area (Å²) in [5, 5.41) is 0.415. The van der Waals surface area contributed by atoms with Gasteiger partial charge >= 0.3 is 0 Å². The van der Waals surface area contributed by atoms with Crippen LogP contribution in [0.25, 0.3) is 0 Å². The summed E-state index contributed by atoms with van der Waals surface area (Å²) in [5.74, 6) is -0.253. The first-order chi connectivity index (χ1) is 6.06. The number of nitrogen functional groups attached to an aromatic ring is 1. The van der Waals surface area contributed by atoms with Crippen LogP contribution in [0, 0.1) is 0 Å². The Balaban J connectivity index is 3.23. The summed E-state index contributed by atoms with van der Waals surface area (Å²) in [6, 6.07) is 3.09. The number of hydrogen-bond acceptors (Lipinski definition) is 2. The lowest BCUT2D eigenvalue weighted by molar-refractivity contribution is 0.102. The zero-order chi connectivity index (χ0) is 10.0. The Hall–Kier alpha value is -0.250. The molecule has 0 amide bonds. The lowest BCUT2D eigenvalue weighted by Crippen LogP contribution is -2.02. The maximum absolute atomic E-state index is 11.2. The van der Waals surface area contributed by atoms with E-state index in [2.05, 4.69) is 15.9 Å². The van der Waals surface area contributed by atoms with Gasteiger partial charge in [0.15, 0.2) is 5.78 Å². The molecule has 0 atom stereocenters. The molecule has 2 nitrogen and oxygen atoms in total. The van der Waals surface area contributed by atoms with Gasteiger partial charge in [0.25, 0.3) is 0 Å². The molecule has 0 aromatic heterocycles. The number of benzene rings is 1. The molecule has 1 aromatic rings. The number of ketones is 1. The minimum absolute atomic E-state index is 0.0698. The van der Waals surface area contributed by atoms with E-state index < -0.39 is 0 Å². The third-order valence-electron chi connectivity index (χ3n) is 1.51. The van der Waals surface area contributed by atoms with Gasteiger partial charge in [0.1, 0.15) is 0 Å². The molecule has 0 fully saturated rings. The third-order valence-corrected chi connectivity index (χ3v) is 2.73. The largest absolute Gasteiger partial charge is 0.398 e. The van der Waals surface area contributed by atoms with Gasteiger partial charge in [-0.3, -0.25) is 4.79 Å². The van der Waals surface area contributed by atoms with Gasteiger partial charge in [-0.25, -0.2) is 0 Å². The minimum Gasteiger partial charge on any atom is -0.398 e. The molecular formula is C8H6BrCl2NO. The zero-order valence-corrected chi connectivity index (χ0v) is 9.58. The molecule has 0 unspecified atom stereocenters. The lowest BCUT2D eigenvalue weighted by Gasteiger charge is -2.04. The molecule has 0 saturated carbocycles. The van der Waals surface area contributed by atoms with Crippen LogP contribution in [0.4, 0.5) is 5.69 Å². The molecule has 0 bridgehead atoms. The first-order valence-electron chi connectivity index (χ1n) is 3.40. The standard InChI is InChI=1S/C8H6BrCl2NO/c9-5-2-6(11)7(12)1-4(5)8(13)3-10/h1-2H,3,12H2. The van der Waals surface area contributed by atoms with Crippen molar-refractivity contribution in [1.29, 1.82) is 0 Å². The van der Waals surface area contributed by atoms with Crippen LogP contribution in [0.2, 0.25) is 5.02 Å². The number of rotatable bonds is 2. The quantitative estimate of drug-likeness (QED) is 0.515. The summed E-state index contributed by atoms with van der Waals surface area (Å²) < 4.78 is 0.609. The van der Waals surface area contributed by atoms with Crippen molar-refractivity contribution in [3.63, 3.8) is 0 Å². The van der Waals surface area contributed by atoms with E-state index in [0.717, 1.165) is 0 Å². The van der Waals surface area contributed by atoms with Crippen LogP contribution in [0.1, 0.15) is 10.4 Å². The van der Waals surface area contributed by atoms with Crippen LogP contribution in [0.15, 0.2) is 16.6 Å².